The van der Waals surface area contributed by atoms with Gasteiger partial charge in [0.1, 0.15) is 0 Å². The molecule has 24 heavy (non-hydrogen) atoms. The maximum absolute atomic E-state index is 12.4. The minimum atomic E-state index is -3.63. The second kappa shape index (κ2) is 8.05. The number of aliphatic carboxylic acids is 1. The van der Waals surface area contributed by atoms with Crippen molar-refractivity contribution in [2.75, 3.05) is 19.3 Å². The average Bonchev–Trinajstić information content (AvgIpc) is 2.48. The molecule has 1 fully saturated rings. The van der Waals surface area contributed by atoms with Crippen molar-refractivity contribution >= 4 is 39.4 Å². The van der Waals surface area contributed by atoms with Gasteiger partial charge in [0.2, 0.25) is 10.0 Å². The third-order valence-electron chi connectivity index (χ3n) is 4.13. The molecule has 9 heteroatoms. The lowest BCUT2D eigenvalue weighted by Gasteiger charge is -2.42. The molecule has 0 unspecified atom stereocenters. The van der Waals surface area contributed by atoms with Crippen molar-refractivity contribution in [2.24, 2.45) is 0 Å². The number of likely N-dealkylation sites (N-methyl/N-ethyl adjacent to an activating group) is 1. The van der Waals surface area contributed by atoms with Crippen molar-refractivity contribution in [2.45, 2.75) is 41.6 Å². The lowest BCUT2D eigenvalue weighted by Crippen LogP contribution is -2.54. The summed E-state index contributed by atoms with van der Waals surface area (Å²) < 4.78 is 27.5. The highest BCUT2D eigenvalue weighted by molar-refractivity contribution is 7.98. The van der Waals surface area contributed by atoms with Crippen molar-refractivity contribution in [1.29, 1.82) is 0 Å². The van der Waals surface area contributed by atoms with Gasteiger partial charge in [0, 0.05) is 17.0 Å². The van der Waals surface area contributed by atoms with E-state index >= 15 is 0 Å². The van der Waals surface area contributed by atoms with E-state index in [0.29, 0.717) is 24.4 Å². The molecular formula is C15H21ClN2O4S2. The van der Waals surface area contributed by atoms with Gasteiger partial charge >= 0.3 is 5.97 Å². The lowest BCUT2D eigenvalue weighted by molar-refractivity contribution is -0.139. The lowest BCUT2D eigenvalue weighted by atomic mass is 9.86. The van der Waals surface area contributed by atoms with Crippen molar-refractivity contribution in [3.8, 4) is 0 Å². The van der Waals surface area contributed by atoms with E-state index in [2.05, 4.69) is 4.72 Å². The molecule has 0 atom stereocenters. The van der Waals surface area contributed by atoms with E-state index in [1.807, 2.05) is 18.1 Å². The van der Waals surface area contributed by atoms with Crippen LogP contribution >= 0.6 is 23.4 Å². The van der Waals surface area contributed by atoms with Crippen LogP contribution in [0, 0.1) is 0 Å². The molecule has 0 aliphatic heterocycles. The van der Waals surface area contributed by atoms with E-state index in [0.717, 1.165) is 4.90 Å². The number of hydrogen-bond acceptors (Lipinski definition) is 5. The molecule has 0 spiro atoms. The zero-order valence-corrected chi connectivity index (χ0v) is 15.9. The Balaban J connectivity index is 1.97. The zero-order valence-electron chi connectivity index (χ0n) is 13.5. The first-order valence-corrected chi connectivity index (χ1v) is 10.7. The minimum absolute atomic E-state index is 0.0214. The van der Waals surface area contributed by atoms with Crippen LogP contribution in [-0.4, -0.2) is 55.8 Å². The van der Waals surface area contributed by atoms with Crippen LogP contribution in [0.1, 0.15) is 19.8 Å². The number of carboxylic acid groups (broad SMARTS) is 1. The molecular weight excluding hydrogens is 372 g/mol. The first-order chi connectivity index (χ1) is 11.3. The summed E-state index contributed by atoms with van der Waals surface area (Å²) in [5.74, 6) is -0.871. The van der Waals surface area contributed by atoms with Gasteiger partial charge < -0.3 is 5.11 Å². The number of rotatable bonds is 8. The third-order valence-corrected chi connectivity index (χ3v) is 6.87. The van der Waals surface area contributed by atoms with Crippen LogP contribution in [0.4, 0.5) is 0 Å². The number of carbonyl (C=O) groups is 1. The van der Waals surface area contributed by atoms with Crippen LogP contribution in [0.3, 0.4) is 0 Å². The molecule has 2 N–H and O–H groups in total. The van der Waals surface area contributed by atoms with Gasteiger partial charge in [-0.1, -0.05) is 18.5 Å². The Bertz CT molecular complexity index is 705. The second-order valence-electron chi connectivity index (χ2n) is 5.70. The van der Waals surface area contributed by atoms with Gasteiger partial charge in [0.15, 0.2) is 0 Å². The molecule has 1 saturated carbocycles. The SMILES string of the molecule is CCN(CC(=O)O)C1CC(NS(=O)(=O)c2ccc(SC)c(Cl)c2)C1. The summed E-state index contributed by atoms with van der Waals surface area (Å²) in [5.41, 5.74) is 0. The van der Waals surface area contributed by atoms with E-state index in [4.69, 9.17) is 16.7 Å². The largest absolute Gasteiger partial charge is 0.480 e. The number of sulfonamides is 1. The molecule has 0 amide bonds. The molecule has 1 aliphatic rings. The highest BCUT2D eigenvalue weighted by atomic mass is 35.5. The highest BCUT2D eigenvalue weighted by Gasteiger charge is 2.36. The normalized spacial score (nSPS) is 20.8. The van der Waals surface area contributed by atoms with Gasteiger partial charge in [-0.05, 0) is 43.8 Å². The van der Waals surface area contributed by atoms with Gasteiger partial charge in [0.25, 0.3) is 0 Å². The fraction of sp³-hybridized carbons (Fsp3) is 0.533. The molecule has 1 aliphatic carbocycles. The summed E-state index contributed by atoms with van der Waals surface area (Å²) in [6, 6.07) is 4.60. The summed E-state index contributed by atoms with van der Waals surface area (Å²) in [6.07, 6.45) is 3.09. The summed E-state index contributed by atoms with van der Waals surface area (Å²) in [7, 11) is -3.63. The number of nitrogens with zero attached hydrogens (tertiary/aromatic N) is 1. The average molecular weight is 393 g/mol. The molecule has 0 radical (unpaired) electrons. The van der Waals surface area contributed by atoms with Gasteiger partial charge in [-0.15, -0.1) is 11.8 Å². The Morgan fingerprint density at radius 2 is 2.12 bits per heavy atom. The predicted molar refractivity (Wildman–Crippen MR) is 95.2 cm³/mol. The van der Waals surface area contributed by atoms with Crippen LogP contribution in [0.2, 0.25) is 5.02 Å². The fourth-order valence-electron chi connectivity index (χ4n) is 2.76. The summed E-state index contributed by atoms with van der Waals surface area (Å²) in [6.45, 7) is 2.50. The van der Waals surface area contributed by atoms with Crippen LogP contribution < -0.4 is 4.72 Å². The topological polar surface area (TPSA) is 86.7 Å². The van der Waals surface area contributed by atoms with Crippen LogP contribution in [0.15, 0.2) is 28.0 Å². The first-order valence-electron chi connectivity index (χ1n) is 7.58. The van der Waals surface area contributed by atoms with Crippen molar-refractivity contribution in [3.63, 3.8) is 0 Å². The molecule has 0 bridgehead atoms. The van der Waals surface area contributed by atoms with E-state index in [9.17, 15) is 13.2 Å². The molecule has 1 aromatic rings. The number of carboxylic acids is 1. The fourth-order valence-corrected chi connectivity index (χ4v) is 4.98. The van der Waals surface area contributed by atoms with Gasteiger partial charge in [-0.3, -0.25) is 9.69 Å². The quantitative estimate of drug-likeness (QED) is 0.660. The maximum Gasteiger partial charge on any atom is 0.317 e. The summed E-state index contributed by atoms with van der Waals surface area (Å²) in [5, 5.41) is 9.30. The smallest absolute Gasteiger partial charge is 0.317 e. The molecule has 0 heterocycles. The van der Waals surface area contributed by atoms with Crippen LogP contribution in [0.5, 0.6) is 0 Å². The monoisotopic (exact) mass is 392 g/mol. The Kier molecular flexibility index (Phi) is 6.55. The third kappa shape index (κ3) is 4.64. The Morgan fingerprint density at radius 3 is 2.62 bits per heavy atom. The number of hydrogen-bond donors (Lipinski definition) is 2. The predicted octanol–water partition coefficient (Wildman–Crippen LogP) is 2.28. The molecule has 6 nitrogen and oxygen atoms in total. The summed E-state index contributed by atoms with van der Waals surface area (Å²) in [4.78, 5) is 13.6. The van der Waals surface area contributed by atoms with E-state index in [1.54, 1.807) is 12.1 Å². The van der Waals surface area contributed by atoms with Crippen molar-refractivity contribution in [1.82, 2.24) is 9.62 Å². The molecule has 1 aromatic carbocycles. The first kappa shape index (κ1) is 19.5. The van der Waals surface area contributed by atoms with Crippen molar-refractivity contribution < 1.29 is 18.3 Å². The van der Waals surface area contributed by atoms with E-state index < -0.39 is 16.0 Å². The van der Waals surface area contributed by atoms with Crippen LogP contribution in [0.25, 0.3) is 0 Å². The number of thioether (sulfide) groups is 1. The van der Waals surface area contributed by atoms with Gasteiger partial charge in [-0.25, -0.2) is 13.1 Å². The van der Waals surface area contributed by atoms with E-state index in [-0.39, 0.29) is 23.5 Å². The Labute approximate surface area is 151 Å². The minimum Gasteiger partial charge on any atom is -0.480 e. The number of nitrogens with one attached hydrogen (secondary N) is 1. The Morgan fingerprint density at radius 1 is 1.46 bits per heavy atom. The molecule has 134 valence electrons. The van der Waals surface area contributed by atoms with Gasteiger partial charge in [-0.2, -0.15) is 0 Å². The molecule has 0 saturated heterocycles. The van der Waals surface area contributed by atoms with E-state index in [1.165, 1.54) is 17.8 Å². The molecule has 0 aromatic heterocycles. The summed E-state index contributed by atoms with van der Waals surface area (Å²) >= 11 is 7.53. The van der Waals surface area contributed by atoms with Crippen molar-refractivity contribution in [3.05, 3.63) is 23.2 Å². The van der Waals surface area contributed by atoms with Gasteiger partial charge in [0.05, 0.1) is 16.5 Å². The standard InChI is InChI=1S/C15H21ClN2O4S2/c1-3-18(9-15(19)20)11-6-10(7-11)17-24(21,22)12-4-5-14(23-2)13(16)8-12/h4-5,8,10-11,17H,3,6-7,9H2,1-2H3,(H,19,20). The Hall–Kier alpha value is -0.800. The number of benzene rings is 1. The number of halogens is 1. The zero-order chi connectivity index (χ0) is 17.9. The maximum atomic E-state index is 12.4. The molecule has 2 rings (SSSR count). The highest BCUT2D eigenvalue weighted by Crippen LogP contribution is 2.30. The second-order valence-corrected chi connectivity index (χ2v) is 8.67. The van der Waals surface area contributed by atoms with Crippen LogP contribution in [-0.2, 0) is 14.8 Å².